The van der Waals surface area contributed by atoms with E-state index in [0.29, 0.717) is 12.8 Å². The Morgan fingerprint density at radius 1 is 1.27 bits per heavy atom. The number of hydrogen-bond acceptors (Lipinski definition) is 4. The van der Waals surface area contributed by atoms with E-state index in [2.05, 4.69) is 16.0 Å². The lowest BCUT2D eigenvalue weighted by Crippen LogP contribution is -2.55. The van der Waals surface area contributed by atoms with Gasteiger partial charge in [-0.3, -0.25) is 4.79 Å². The second-order valence-electron chi connectivity index (χ2n) is 7.68. The summed E-state index contributed by atoms with van der Waals surface area (Å²) in [5, 5.41) is 0. The summed E-state index contributed by atoms with van der Waals surface area (Å²) in [6.45, 7) is 12.7. The van der Waals surface area contributed by atoms with Gasteiger partial charge < -0.3 is 9.29 Å². The molecule has 152 valence electrons. The van der Waals surface area contributed by atoms with Gasteiger partial charge in [0.1, 0.15) is 4.75 Å². The summed E-state index contributed by atoms with van der Waals surface area (Å²) in [7, 11) is 0. The molecule has 0 bridgehead atoms. The van der Waals surface area contributed by atoms with Gasteiger partial charge in [0.2, 0.25) is 0 Å². The van der Waals surface area contributed by atoms with Crippen molar-refractivity contribution in [2.45, 2.75) is 71.3 Å². The Hall–Kier alpha value is -0.990. The van der Waals surface area contributed by atoms with E-state index in [9.17, 15) is 22.5 Å². The van der Waals surface area contributed by atoms with Crippen molar-refractivity contribution in [2.24, 2.45) is 5.41 Å². The highest BCUT2D eigenvalue weighted by atomic mass is 32.2. The number of nitrogens with one attached hydrogen (secondary N) is 1. The Labute approximate surface area is 157 Å². The summed E-state index contributed by atoms with van der Waals surface area (Å²) in [5.41, 5.74) is 0.147. The molecule has 0 aromatic rings. The van der Waals surface area contributed by atoms with E-state index in [1.54, 1.807) is 27.7 Å². The molecule has 26 heavy (non-hydrogen) atoms. The fourth-order valence-corrected chi connectivity index (χ4v) is 2.94. The molecule has 0 aliphatic carbocycles. The molecule has 1 N–H and O–H groups in total. The van der Waals surface area contributed by atoms with Crippen molar-refractivity contribution in [3.8, 4) is 0 Å². The minimum absolute atomic E-state index is 0.432. The number of esters is 1. The molecular weight excluding hydrogens is 367 g/mol. The second kappa shape index (κ2) is 9.80. The van der Waals surface area contributed by atoms with E-state index < -0.39 is 46.3 Å². The van der Waals surface area contributed by atoms with Crippen LogP contribution in [0.15, 0.2) is 24.3 Å². The summed E-state index contributed by atoms with van der Waals surface area (Å²) >= 11 is -1.67. The van der Waals surface area contributed by atoms with Crippen molar-refractivity contribution in [1.29, 1.82) is 0 Å². The molecule has 4 nitrogen and oxygen atoms in total. The molecule has 0 saturated heterocycles. The Morgan fingerprint density at radius 2 is 1.81 bits per heavy atom. The molecule has 0 spiro atoms. The largest absolute Gasteiger partial charge is 0.598 e. The Morgan fingerprint density at radius 3 is 2.19 bits per heavy atom. The molecule has 0 heterocycles. The molecular formula is C18H30F3NO3S. The molecule has 8 heteroatoms. The van der Waals surface area contributed by atoms with Crippen LogP contribution in [0, 0.1) is 5.41 Å². The van der Waals surface area contributed by atoms with Gasteiger partial charge in [0, 0.05) is 16.8 Å². The minimum atomic E-state index is -4.63. The highest BCUT2D eigenvalue weighted by molar-refractivity contribution is 7.90. The highest BCUT2D eigenvalue weighted by Crippen LogP contribution is 2.32. The standard InChI is InChI=1S/C18H30F3NO3S/c1-8-17(7,11-9-10-13(2)3)14(22-26(24)16(4,5)6)15(23)25-12-18(19,20)21/h8,10,14,22H,1,9,11-12H2,2-7H3/t14-,17+,26?/m1/s1. The SMILES string of the molecule is C=C[C@@](C)(CCC=C(C)C)[C@H](N[S+]([O-])C(C)(C)C)C(=O)OCC(F)(F)F. The van der Waals surface area contributed by atoms with Crippen molar-refractivity contribution in [3.63, 3.8) is 0 Å². The van der Waals surface area contributed by atoms with Gasteiger partial charge in [-0.1, -0.05) is 24.6 Å². The predicted octanol–water partition coefficient (Wildman–Crippen LogP) is 4.45. The van der Waals surface area contributed by atoms with Gasteiger partial charge in [0.15, 0.2) is 12.6 Å². The van der Waals surface area contributed by atoms with Crippen LogP contribution in [0.25, 0.3) is 0 Å². The fourth-order valence-electron chi connectivity index (χ4n) is 2.01. The number of allylic oxidation sites excluding steroid dienone is 2. The van der Waals surface area contributed by atoms with Crippen molar-refractivity contribution >= 4 is 17.3 Å². The van der Waals surface area contributed by atoms with Crippen molar-refractivity contribution in [2.75, 3.05) is 6.61 Å². The Balaban J connectivity index is 5.53. The molecule has 0 saturated carbocycles. The van der Waals surface area contributed by atoms with Crippen LogP contribution in [-0.4, -0.2) is 34.1 Å². The second-order valence-corrected chi connectivity index (χ2v) is 9.68. The number of halogens is 3. The number of carbonyl (C=O) groups excluding carboxylic acids is 1. The number of carbonyl (C=O) groups is 1. The lowest BCUT2D eigenvalue weighted by molar-refractivity contribution is -0.188. The third kappa shape index (κ3) is 9.09. The van der Waals surface area contributed by atoms with Crippen molar-refractivity contribution in [3.05, 3.63) is 24.3 Å². The molecule has 0 aliphatic rings. The van der Waals surface area contributed by atoms with Gasteiger partial charge in [-0.15, -0.1) is 11.3 Å². The first kappa shape index (κ1) is 25.0. The zero-order valence-corrected chi connectivity index (χ0v) is 17.1. The van der Waals surface area contributed by atoms with Crippen LogP contribution < -0.4 is 4.72 Å². The third-order valence-corrected chi connectivity index (χ3v) is 5.32. The summed E-state index contributed by atoms with van der Waals surface area (Å²) < 4.78 is 56.1. The summed E-state index contributed by atoms with van der Waals surface area (Å²) in [4.78, 5) is 12.4. The first-order valence-corrected chi connectivity index (χ1v) is 9.46. The number of ether oxygens (including phenoxy) is 1. The topological polar surface area (TPSA) is 61.4 Å². The van der Waals surface area contributed by atoms with Gasteiger partial charge in [0.25, 0.3) is 0 Å². The third-order valence-electron chi connectivity index (χ3n) is 3.76. The number of rotatable bonds is 9. The van der Waals surface area contributed by atoms with Gasteiger partial charge in [-0.2, -0.15) is 13.2 Å². The molecule has 3 atom stereocenters. The molecule has 0 radical (unpaired) electrons. The van der Waals surface area contributed by atoms with E-state index in [-0.39, 0.29) is 0 Å². The fraction of sp³-hybridized carbons (Fsp3) is 0.722. The van der Waals surface area contributed by atoms with E-state index >= 15 is 0 Å². The molecule has 0 fully saturated rings. The molecule has 0 rings (SSSR count). The Kier molecular flexibility index (Phi) is 9.43. The molecule has 0 amide bonds. The van der Waals surface area contributed by atoms with E-state index in [4.69, 9.17) is 0 Å². The van der Waals surface area contributed by atoms with Gasteiger partial charge in [-0.05, 0) is 47.5 Å². The summed E-state index contributed by atoms with van der Waals surface area (Å²) in [6.07, 6.45) is -0.144. The van der Waals surface area contributed by atoms with Crippen LogP contribution in [-0.2, 0) is 20.9 Å². The van der Waals surface area contributed by atoms with Gasteiger partial charge in [-0.25, -0.2) is 0 Å². The average molecular weight is 398 g/mol. The van der Waals surface area contributed by atoms with Crippen molar-refractivity contribution < 1.29 is 27.3 Å². The lowest BCUT2D eigenvalue weighted by Gasteiger charge is -2.36. The van der Waals surface area contributed by atoms with Crippen LogP contribution in [0.1, 0.15) is 54.4 Å². The maximum atomic E-state index is 12.4. The number of hydrogen-bond donors (Lipinski definition) is 1. The van der Waals surface area contributed by atoms with Crippen LogP contribution in [0.5, 0.6) is 0 Å². The molecule has 0 aliphatic heterocycles. The zero-order valence-electron chi connectivity index (χ0n) is 16.3. The zero-order chi connectivity index (χ0) is 20.8. The van der Waals surface area contributed by atoms with E-state index in [1.807, 2.05) is 19.9 Å². The van der Waals surface area contributed by atoms with Gasteiger partial charge in [0.05, 0.1) is 0 Å². The predicted molar refractivity (Wildman–Crippen MR) is 98.8 cm³/mol. The molecule has 1 unspecified atom stereocenters. The van der Waals surface area contributed by atoms with E-state index in [0.717, 1.165) is 5.57 Å². The van der Waals surface area contributed by atoms with Crippen LogP contribution >= 0.6 is 0 Å². The first-order valence-electron chi connectivity index (χ1n) is 8.31. The first-order chi connectivity index (χ1) is 11.6. The minimum Gasteiger partial charge on any atom is -0.598 e. The van der Waals surface area contributed by atoms with Gasteiger partial charge >= 0.3 is 12.1 Å². The number of alkyl halides is 3. The van der Waals surface area contributed by atoms with E-state index in [1.165, 1.54) is 6.08 Å². The Bertz CT molecular complexity index is 511. The normalized spacial score (nSPS) is 17.0. The maximum absolute atomic E-state index is 12.4. The molecule has 0 aromatic heterocycles. The quantitative estimate of drug-likeness (QED) is 0.355. The maximum Gasteiger partial charge on any atom is 0.422 e. The molecule has 0 aromatic carbocycles. The summed E-state index contributed by atoms with van der Waals surface area (Å²) in [5.74, 6) is -1.10. The average Bonchev–Trinajstić information content (AvgIpc) is 2.47. The van der Waals surface area contributed by atoms with Crippen LogP contribution in [0.3, 0.4) is 0 Å². The summed E-state index contributed by atoms with van der Waals surface area (Å²) in [6, 6.07) is -1.21. The monoisotopic (exact) mass is 397 g/mol. The van der Waals surface area contributed by atoms with Crippen LogP contribution in [0.4, 0.5) is 13.2 Å². The smallest absolute Gasteiger partial charge is 0.422 e. The highest BCUT2D eigenvalue weighted by Gasteiger charge is 2.44. The van der Waals surface area contributed by atoms with Crippen LogP contribution in [0.2, 0.25) is 0 Å². The van der Waals surface area contributed by atoms with Crippen molar-refractivity contribution in [1.82, 2.24) is 4.72 Å². The lowest BCUT2D eigenvalue weighted by atomic mass is 9.78.